The normalized spacial score (nSPS) is 9.47. The van der Waals surface area contributed by atoms with Crippen LogP contribution in [0.3, 0.4) is 0 Å². The van der Waals surface area contributed by atoms with E-state index in [-0.39, 0.29) is 17.7 Å². The SMILES string of the molecule is COC(=O)c1cc(S)c(CO)cc1C#N. The van der Waals surface area contributed by atoms with Crippen LogP contribution < -0.4 is 0 Å². The third-order valence-corrected chi connectivity index (χ3v) is 2.33. The summed E-state index contributed by atoms with van der Waals surface area (Å²) in [6.07, 6.45) is 0. The minimum absolute atomic E-state index is 0.155. The highest BCUT2D eigenvalue weighted by Crippen LogP contribution is 2.20. The van der Waals surface area contributed by atoms with Crippen LogP contribution in [0.25, 0.3) is 0 Å². The van der Waals surface area contributed by atoms with Crippen LogP contribution in [0.5, 0.6) is 0 Å². The van der Waals surface area contributed by atoms with Crippen molar-refractivity contribution in [1.29, 1.82) is 5.26 Å². The van der Waals surface area contributed by atoms with Crippen molar-refractivity contribution in [2.24, 2.45) is 0 Å². The highest BCUT2D eigenvalue weighted by molar-refractivity contribution is 7.80. The first-order valence-electron chi connectivity index (χ1n) is 4.09. The largest absolute Gasteiger partial charge is 0.465 e. The molecule has 5 heteroatoms. The molecule has 0 aliphatic rings. The summed E-state index contributed by atoms with van der Waals surface area (Å²) in [5.41, 5.74) is 0.827. The van der Waals surface area contributed by atoms with Gasteiger partial charge < -0.3 is 9.84 Å². The molecule has 1 aromatic carbocycles. The molecular weight excluding hydrogens is 214 g/mol. The molecule has 78 valence electrons. The first-order chi connectivity index (χ1) is 7.13. The maximum atomic E-state index is 11.3. The molecule has 0 heterocycles. The number of carbonyl (C=O) groups excluding carboxylic acids is 1. The number of methoxy groups -OCH3 is 1. The predicted octanol–water partition coefficient (Wildman–Crippen LogP) is 1.13. The molecule has 0 saturated heterocycles. The van der Waals surface area contributed by atoms with Crippen LogP contribution >= 0.6 is 12.6 Å². The van der Waals surface area contributed by atoms with Gasteiger partial charge in [0, 0.05) is 4.90 Å². The van der Waals surface area contributed by atoms with Crippen molar-refractivity contribution in [3.8, 4) is 6.07 Å². The molecular formula is C10H9NO3S. The zero-order valence-electron chi connectivity index (χ0n) is 8.02. The molecule has 1 rings (SSSR count). The molecule has 0 atom stereocenters. The van der Waals surface area contributed by atoms with Gasteiger partial charge in [-0.1, -0.05) is 0 Å². The van der Waals surface area contributed by atoms with Crippen LogP contribution in [0, 0.1) is 11.3 Å². The quantitative estimate of drug-likeness (QED) is 0.582. The number of aliphatic hydroxyl groups is 1. The zero-order valence-corrected chi connectivity index (χ0v) is 8.91. The number of rotatable bonds is 2. The number of hydrogen-bond acceptors (Lipinski definition) is 5. The monoisotopic (exact) mass is 223 g/mol. The molecule has 1 N–H and O–H groups in total. The third kappa shape index (κ3) is 2.29. The van der Waals surface area contributed by atoms with Crippen LogP contribution in [-0.4, -0.2) is 18.2 Å². The number of carbonyl (C=O) groups is 1. The van der Waals surface area contributed by atoms with Gasteiger partial charge in [-0.05, 0) is 17.7 Å². The summed E-state index contributed by atoms with van der Waals surface area (Å²) >= 11 is 4.09. The van der Waals surface area contributed by atoms with E-state index in [1.807, 2.05) is 6.07 Å². The van der Waals surface area contributed by atoms with Gasteiger partial charge in [0.2, 0.25) is 0 Å². The van der Waals surface area contributed by atoms with Gasteiger partial charge in [-0.3, -0.25) is 0 Å². The Morgan fingerprint density at radius 1 is 1.67 bits per heavy atom. The van der Waals surface area contributed by atoms with Crippen LogP contribution in [0.15, 0.2) is 17.0 Å². The molecule has 15 heavy (non-hydrogen) atoms. The Balaban J connectivity index is 3.35. The number of esters is 1. The molecule has 0 radical (unpaired) electrons. The summed E-state index contributed by atoms with van der Waals surface area (Å²) in [7, 11) is 1.24. The number of nitrogens with zero attached hydrogens (tertiary/aromatic N) is 1. The van der Waals surface area contributed by atoms with Crippen LogP contribution in [0.4, 0.5) is 0 Å². The van der Waals surface area contributed by atoms with Crippen molar-refractivity contribution in [3.05, 3.63) is 28.8 Å². The van der Waals surface area contributed by atoms with E-state index in [0.717, 1.165) is 0 Å². The number of thiol groups is 1. The van der Waals surface area contributed by atoms with Crippen molar-refractivity contribution in [3.63, 3.8) is 0 Å². The molecule has 0 saturated carbocycles. The molecule has 0 unspecified atom stereocenters. The molecule has 0 spiro atoms. The third-order valence-electron chi connectivity index (χ3n) is 1.91. The second-order valence-electron chi connectivity index (χ2n) is 2.79. The van der Waals surface area contributed by atoms with Crippen molar-refractivity contribution < 1.29 is 14.6 Å². The Hall–Kier alpha value is -1.51. The topological polar surface area (TPSA) is 70.3 Å². The Morgan fingerprint density at radius 3 is 2.80 bits per heavy atom. The van der Waals surface area contributed by atoms with E-state index in [1.54, 1.807) is 0 Å². The molecule has 4 nitrogen and oxygen atoms in total. The van der Waals surface area contributed by atoms with E-state index < -0.39 is 5.97 Å². The predicted molar refractivity (Wildman–Crippen MR) is 55.7 cm³/mol. The molecule has 0 fully saturated rings. The van der Waals surface area contributed by atoms with E-state index in [9.17, 15) is 4.79 Å². The van der Waals surface area contributed by atoms with Crippen LogP contribution in [0.2, 0.25) is 0 Å². The molecule has 0 amide bonds. The standard InChI is InChI=1S/C10H9NO3S/c1-14-10(13)8-3-9(15)7(5-12)2-6(8)4-11/h2-3,12,15H,5H2,1H3. The summed E-state index contributed by atoms with van der Waals surface area (Å²) in [6, 6.07) is 4.71. The Morgan fingerprint density at radius 2 is 2.33 bits per heavy atom. The van der Waals surface area contributed by atoms with Crippen molar-refractivity contribution in [2.75, 3.05) is 7.11 Å². The maximum absolute atomic E-state index is 11.3. The Bertz CT molecular complexity index is 437. The smallest absolute Gasteiger partial charge is 0.339 e. The summed E-state index contributed by atoms with van der Waals surface area (Å²) < 4.78 is 4.52. The number of nitriles is 1. The molecule has 0 aromatic heterocycles. The zero-order chi connectivity index (χ0) is 11.4. The Labute approximate surface area is 92.5 Å². The van der Waals surface area contributed by atoms with Crippen LogP contribution in [0.1, 0.15) is 21.5 Å². The van der Waals surface area contributed by atoms with Gasteiger partial charge in [0.05, 0.1) is 24.8 Å². The summed E-state index contributed by atoms with van der Waals surface area (Å²) in [5, 5.41) is 17.8. The fourth-order valence-electron chi connectivity index (χ4n) is 1.13. The number of ether oxygens (including phenoxy) is 1. The fraction of sp³-hybridized carbons (Fsp3) is 0.200. The average Bonchev–Trinajstić information content (AvgIpc) is 2.27. The first kappa shape index (κ1) is 11.6. The highest BCUT2D eigenvalue weighted by atomic mass is 32.1. The molecule has 1 aromatic rings. The lowest BCUT2D eigenvalue weighted by Gasteiger charge is -2.06. The van der Waals surface area contributed by atoms with Gasteiger partial charge >= 0.3 is 5.97 Å². The van der Waals surface area contributed by atoms with Gasteiger partial charge in [-0.15, -0.1) is 12.6 Å². The van der Waals surface area contributed by atoms with Gasteiger partial charge in [0.1, 0.15) is 6.07 Å². The highest BCUT2D eigenvalue weighted by Gasteiger charge is 2.14. The second-order valence-corrected chi connectivity index (χ2v) is 3.27. The minimum atomic E-state index is -0.591. The van der Waals surface area contributed by atoms with Crippen molar-refractivity contribution >= 4 is 18.6 Å². The van der Waals surface area contributed by atoms with E-state index in [0.29, 0.717) is 10.5 Å². The van der Waals surface area contributed by atoms with Crippen LogP contribution in [-0.2, 0) is 11.3 Å². The number of benzene rings is 1. The van der Waals surface area contributed by atoms with E-state index in [2.05, 4.69) is 17.4 Å². The minimum Gasteiger partial charge on any atom is -0.465 e. The molecule has 0 aliphatic carbocycles. The molecule has 0 bridgehead atoms. The first-order valence-corrected chi connectivity index (χ1v) is 4.54. The fourth-order valence-corrected chi connectivity index (χ4v) is 1.40. The van der Waals surface area contributed by atoms with E-state index in [4.69, 9.17) is 10.4 Å². The van der Waals surface area contributed by atoms with Gasteiger partial charge in [-0.25, -0.2) is 4.79 Å². The average molecular weight is 223 g/mol. The number of aliphatic hydroxyl groups excluding tert-OH is 1. The van der Waals surface area contributed by atoms with E-state index >= 15 is 0 Å². The van der Waals surface area contributed by atoms with Gasteiger partial charge in [0.15, 0.2) is 0 Å². The second kappa shape index (κ2) is 4.82. The lowest BCUT2D eigenvalue weighted by Crippen LogP contribution is -2.05. The van der Waals surface area contributed by atoms with Gasteiger partial charge in [-0.2, -0.15) is 5.26 Å². The summed E-state index contributed by atoms with van der Waals surface area (Å²) in [5.74, 6) is -0.591. The maximum Gasteiger partial charge on any atom is 0.339 e. The van der Waals surface area contributed by atoms with Crippen molar-refractivity contribution in [1.82, 2.24) is 0 Å². The summed E-state index contributed by atoms with van der Waals surface area (Å²) in [4.78, 5) is 11.7. The van der Waals surface area contributed by atoms with Gasteiger partial charge in [0.25, 0.3) is 0 Å². The lowest BCUT2D eigenvalue weighted by molar-refractivity contribution is 0.0600. The lowest BCUT2D eigenvalue weighted by atomic mass is 10.1. The van der Waals surface area contributed by atoms with E-state index in [1.165, 1.54) is 19.2 Å². The number of hydrogen-bond donors (Lipinski definition) is 2. The summed E-state index contributed by atoms with van der Waals surface area (Å²) in [6.45, 7) is -0.227. The van der Waals surface area contributed by atoms with Crippen molar-refractivity contribution in [2.45, 2.75) is 11.5 Å². The Kier molecular flexibility index (Phi) is 3.72. The molecule has 0 aliphatic heterocycles.